The lowest BCUT2D eigenvalue weighted by Crippen LogP contribution is -2.28. The Kier molecular flexibility index (Phi) is 7.77. The van der Waals surface area contributed by atoms with Crippen molar-refractivity contribution < 1.29 is 35.6 Å². The van der Waals surface area contributed by atoms with Gasteiger partial charge < -0.3 is 14.6 Å². The minimum Gasteiger partial charge on any atom is -0.488 e. The Morgan fingerprint density at radius 1 is 1.00 bits per heavy atom. The summed E-state index contributed by atoms with van der Waals surface area (Å²) in [4.78, 5) is 4.26. The molecular formula is C22H20ClF6N3O2. The number of ether oxygens (including phenoxy) is 1. The van der Waals surface area contributed by atoms with Gasteiger partial charge in [-0.3, -0.25) is 0 Å². The Labute approximate surface area is 196 Å². The average Bonchev–Trinajstić information content (AvgIpc) is 3.28. The second-order valence-corrected chi connectivity index (χ2v) is 7.69. The summed E-state index contributed by atoms with van der Waals surface area (Å²) in [7, 11) is 0. The number of halogens is 7. The Morgan fingerprint density at radius 2 is 1.74 bits per heavy atom. The molecule has 4 rings (SSSR count). The van der Waals surface area contributed by atoms with Crippen molar-refractivity contribution in [2.75, 3.05) is 13.1 Å². The third-order valence-corrected chi connectivity index (χ3v) is 5.31. The number of alkyl halides is 6. The molecule has 5 nitrogen and oxygen atoms in total. The van der Waals surface area contributed by atoms with Crippen molar-refractivity contribution in [1.29, 1.82) is 0 Å². The fraction of sp³-hybridized carbons (Fsp3) is 0.364. The zero-order valence-corrected chi connectivity index (χ0v) is 18.4. The molecule has 1 aromatic heterocycles. The van der Waals surface area contributed by atoms with E-state index < -0.39 is 29.2 Å². The molecule has 0 spiro atoms. The van der Waals surface area contributed by atoms with E-state index in [9.17, 15) is 26.3 Å². The number of benzene rings is 2. The lowest BCUT2D eigenvalue weighted by Gasteiger charge is -2.18. The Balaban J connectivity index is 0.00000324. The molecule has 1 unspecified atom stereocenters. The predicted molar refractivity (Wildman–Crippen MR) is 113 cm³/mol. The molecule has 34 heavy (non-hydrogen) atoms. The van der Waals surface area contributed by atoms with Crippen LogP contribution >= 0.6 is 12.4 Å². The maximum atomic E-state index is 13.7. The summed E-state index contributed by atoms with van der Waals surface area (Å²) in [5.41, 5.74) is -1.49. The van der Waals surface area contributed by atoms with E-state index in [0.717, 1.165) is 55.8 Å². The summed E-state index contributed by atoms with van der Waals surface area (Å²) < 4.78 is 89.6. The van der Waals surface area contributed by atoms with E-state index in [2.05, 4.69) is 15.5 Å². The quantitative estimate of drug-likeness (QED) is 0.414. The molecule has 0 radical (unpaired) electrons. The SMILES string of the molecule is Cl.FC(F)(F)c1ccc(COc2ccc(-c3noc(C4CCCNC4)n3)cc2C(F)(F)F)cc1. The average molecular weight is 508 g/mol. The van der Waals surface area contributed by atoms with Gasteiger partial charge in [0.25, 0.3) is 0 Å². The van der Waals surface area contributed by atoms with Crippen LogP contribution in [0.15, 0.2) is 47.0 Å². The van der Waals surface area contributed by atoms with Gasteiger partial charge in [0, 0.05) is 12.1 Å². The Morgan fingerprint density at radius 3 is 2.35 bits per heavy atom. The molecule has 2 aromatic carbocycles. The number of hydrogen-bond donors (Lipinski definition) is 1. The Hall–Kier alpha value is -2.79. The Bertz CT molecular complexity index is 1090. The van der Waals surface area contributed by atoms with E-state index in [4.69, 9.17) is 9.26 Å². The van der Waals surface area contributed by atoms with Crippen LogP contribution in [0.3, 0.4) is 0 Å². The van der Waals surface area contributed by atoms with E-state index in [1.807, 2.05) is 0 Å². The van der Waals surface area contributed by atoms with E-state index in [0.29, 0.717) is 18.0 Å². The molecular weight excluding hydrogens is 488 g/mol. The minimum atomic E-state index is -4.73. The maximum Gasteiger partial charge on any atom is 0.419 e. The van der Waals surface area contributed by atoms with Gasteiger partial charge in [0.1, 0.15) is 12.4 Å². The molecule has 1 fully saturated rings. The first-order valence-corrected chi connectivity index (χ1v) is 10.2. The first kappa shape index (κ1) is 25.8. The van der Waals surface area contributed by atoms with Gasteiger partial charge in [0.15, 0.2) is 0 Å². The van der Waals surface area contributed by atoms with E-state index in [1.54, 1.807) is 0 Å². The van der Waals surface area contributed by atoms with Crippen LogP contribution in [-0.4, -0.2) is 23.2 Å². The van der Waals surface area contributed by atoms with Crippen LogP contribution < -0.4 is 10.1 Å². The largest absolute Gasteiger partial charge is 0.488 e. The second-order valence-electron chi connectivity index (χ2n) is 7.69. The van der Waals surface area contributed by atoms with Crippen LogP contribution in [0, 0.1) is 0 Å². The summed E-state index contributed by atoms with van der Waals surface area (Å²) in [5.74, 6) is -0.0384. The summed E-state index contributed by atoms with van der Waals surface area (Å²) >= 11 is 0. The van der Waals surface area contributed by atoms with Crippen molar-refractivity contribution in [3.63, 3.8) is 0 Å². The van der Waals surface area contributed by atoms with Gasteiger partial charge in [-0.25, -0.2) is 0 Å². The number of piperidine rings is 1. The van der Waals surface area contributed by atoms with Gasteiger partial charge in [0.05, 0.1) is 17.0 Å². The first-order valence-electron chi connectivity index (χ1n) is 10.2. The van der Waals surface area contributed by atoms with Crippen LogP contribution in [0.2, 0.25) is 0 Å². The highest BCUT2D eigenvalue weighted by Gasteiger charge is 2.35. The minimum absolute atomic E-state index is 0. The molecule has 184 valence electrons. The first-order chi connectivity index (χ1) is 15.6. The predicted octanol–water partition coefficient (Wildman–Crippen LogP) is 6.24. The number of nitrogens with zero attached hydrogens (tertiary/aromatic N) is 2. The van der Waals surface area contributed by atoms with Crippen LogP contribution in [0.5, 0.6) is 5.75 Å². The van der Waals surface area contributed by atoms with Crippen molar-refractivity contribution in [3.8, 4) is 17.1 Å². The van der Waals surface area contributed by atoms with Crippen molar-refractivity contribution in [3.05, 3.63) is 65.0 Å². The third-order valence-electron chi connectivity index (χ3n) is 5.31. The van der Waals surface area contributed by atoms with Crippen molar-refractivity contribution in [2.24, 2.45) is 0 Å². The highest BCUT2D eigenvalue weighted by Crippen LogP contribution is 2.39. The normalized spacial score (nSPS) is 16.7. The molecule has 1 atom stereocenters. The molecule has 0 bridgehead atoms. The van der Waals surface area contributed by atoms with Crippen LogP contribution in [-0.2, 0) is 19.0 Å². The standard InChI is InChI=1S/C22H19F6N3O2.ClH/c23-21(24,25)16-6-3-13(4-7-16)12-32-18-8-5-14(10-17(18)22(26,27)28)19-30-20(33-31-19)15-2-1-9-29-11-15;/h3-8,10,15,29H,1-2,9,11-12H2;1H. The number of hydrogen-bond acceptors (Lipinski definition) is 5. The van der Waals surface area contributed by atoms with Gasteiger partial charge in [0.2, 0.25) is 11.7 Å². The molecule has 0 saturated carbocycles. The summed E-state index contributed by atoms with van der Waals surface area (Å²) in [5, 5.41) is 7.03. The summed E-state index contributed by atoms with van der Waals surface area (Å²) in [6.45, 7) is 1.22. The van der Waals surface area contributed by atoms with Crippen LogP contribution in [0.25, 0.3) is 11.4 Å². The molecule has 1 aliphatic rings. The lowest BCUT2D eigenvalue weighted by molar-refractivity contribution is -0.139. The molecule has 3 aromatic rings. The van der Waals surface area contributed by atoms with E-state index in [1.165, 1.54) is 6.07 Å². The molecule has 1 saturated heterocycles. The number of aromatic nitrogens is 2. The zero-order chi connectivity index (χ0) is 23.6. The van der Waals surface area contributed by atoms with Gasteiger partial charge in [-0.05, 0) is 55.3 Å². The monoisotopic (exact) mass is 507 g/mol. The summed E-state index contributed by atoms with van der Waals surface area (Å²) in [6, 6.07) is 7.41. The second kappa shape index (κ2) is 10.2. The molecule has 1 N–H and O–H groups in total. The molecule has 12 heteroatoms. The van der Waals surface area contributed by atoms with Crippen molar-refractivity contribution >= 4 is 12.4 Å². The van der Waals surface area contributed by atoms with Gasteiger partial charge >= 0.3 is 12.4 Å². The maximum absolute atomic E-state index is 13.7. The topological polar surface area (TPSA) is 60.2 Å². The van der Waals surface area contributed by atoms with Crippen LogP contribution in [0.1, 0.15) is 41.3 Å². The zero-order valence-electron chi connectivity index (χ0n) is 17.5. The fourth-order valence-corrected chi connectivity index (χ4v) is 3.55. The molecule has 1 aliphatic heterocycles. The van der Waals surface area contributed by atoms with E-state index in [-0.39, 0.29) is 36.3 Å². The van der Waals surface area contributed by atoms with Crippen molar-refractivity contribution in [1.82, 2.24) is 15.5 Å². The van der Waals surface area contributed by atoms with Gasteiger partial charge in [-0.2, -0.15) is 31.3 Å². The molecule has 0 amide bonds. The summed E-state index contributed by atoms with van der Waals surface area (Å²) in [6.07, 6.45) is -7.45. The van der Waals surface area contributed by atoms with Crippen molar-refractivity contribution in [2.45, 2.75) is 37.7 Å². The molecule has 0 aliphatic carbocycles. The highest BCUT2D eigenvalue weighted by molar-refractivity contribution is 5.85. The van der Waals surface area contributed by atoms with E-state index >= 15 is 0 Å². The number of rotatable bonds is 5. The fourth-order valence-electron chi connectivity index (χ4n) is 3.55. The van der Waals surface area contributed by atoms with Gasteiger partial charge in [-0.1, -0.05) is 17.3 Å². The lowest BCUT2D eigenvalue weighted by atomic mass is 10.00. The van der Waals surface area contributed by atoms with Gasteiger partial charge in [-0.15, -0.1) is 12.4 Å². The third kappa shape index (κ3) is 6.01. The highest BCUT2D eigenvalue weighted by atomic mass is 35.5. The smallest absolute Gasteiger partial charge is 0.419 e. The molecule has 2 heterocycles. The number of nitrogens with one attached hydrogen (secondary N) is 1. The van der Waals surface area contributed by atoms with Crippen LogP contribution in [0.4, 0.5) is 26.3 Å².